The number of aromatic nitrogens is 2. The Morgan fingerprint density at radius 1 is 1.32 bits per heavy atom. The zero-order valence-corrected chi connectivity index (χ0v) is 11.5. The fourth-order valence-corrected chi connectivity index (χ4v) is 2.36. The Kier molecular flexibility index (Phi) is 4.01. The molecule has 0 aliphatic rings. The van der Waals surface area contributed by atoms with Gasteiger partial charge in [0.15, 0.2) is 5.16 Å². The molecule has 0 amide bonds. The molecule has 3 N–H and O–H groups in total. The number of nitrogens with one attached hydrogen (secondary N) is 1. The molecule has 5 nitrogen and oxygen atoms in total. The Morgan fingerprint density at radius 3 is 2.79 bits per heavy atom. The van der Waals surface area contributed by atoms with Gasteiger partial charge in [0.1, 0.15) is 17.3 Å². The first-order valence-corrected chi connectivity index (χ1v) is 6.42. The number of nitrogens with two attached hydrogens (primary N) is 1. The normalized spacial score (nSPS) is 10.2. The molecular weight excluding hydrogens is 260 g/mol. The smallest absolute Gasteiger partial charge is 0.193 e. The van der Waals surface area contributed by atoms with E-state index < -0.39 is 0 Å². The monoisotopic (exact) mass is 274 g/mol. The Labute approximate surface area is 115 Å². The quantitative estimate of drug-likeness (QED) is 0.507. The minimum Gasteiger partial charge on any atom is -0.497 e. The van der Waals surface area contributed by atoms with E-state index >= 15 is 0 Å². The standard InChI is InChI=1S/C13H14N4OS/c1-8-6-11(12(14)15)17-13(16-8)19-10-5-3-4-9(7-10)18-2/h3-7H,1-2H3,(H3,14,15). The highest BCUT2D eigenvalue weighted by Gasteiger charge is 2.07. The number of aryl methyl sites for hydroxylation is 1. The third kappa shape index (κ3) is 3.45. The van der Waals surface area contributed by atoms with E-state index in [1.54, 1.807) is 13.2 Å². The highest BCUT2D eigenvalue weighted by molar-refractivity contribution is 7.99. The van der Waals surface area contributed by atoms with E-state index in [0.29, 0.717) is 10.9 Å². The van der Waals surface area contributed by atoms with Gasteiger partial charge in [-0.05, 0) is 43.0 Å². The molecular formula is C13H14N4OS. The molecule has 0 saturated heterocycles. The van der Waals surface area contributed by atoms with Gasteiger partial charge in [0, 0.05) is 10.6 Å². The third-order valence-electron chi connectivity index (χ3n) is 2.36. The molecule has 6 heteroatoms. The lowest BCUT2D eigenvalue weighted by atomic mass is 10.3. The molecule has 0 atom stereocenters. The zero-order chi connectivity index (χ0) is 13.8. The summed E-state index contributed by atoms with van der Waals surface area (Å²) >= 11 is 1.41. The van der Waals surface area contributed by atoms with Gasteiger partial charge in [-0.3, -0.25) is 5.41 Å². The second-order valence-corrected chi connectivity index (χ2v) is 4.91. The number of hydrogen-bond donors (Lipinski definition) is 2. The van der Waals surface area contributed by atoms with Crippen LogP contribution in [0.15, 0.2) is 40.4 Å². The van der Waals surface area contributed by atoms with Crippen molar-refractivity contribution in [3.63, 3.8) is 0 Å². The summed E-state index contributed by atoms with van der Waals surface area (Å²) < 4.78 is 5.17. The number of ether oxygens (including phenoxy) is 1. The molecule has 0 spiro atoms. The molecule has 0 aliphatic heterocycles. The average Bonchev–Trinajstić information content (AvgIpc) is 2.38. The molecule has 98 valence electrons. The van der Waals surface area contributed by atoms with Crippen LogP contribution in [0.3, 0.4) is 0 Å². The number of hydrogen-bond acceptors (Lipinski definition) is 5. The van der Waals surface area contributed by atoms with E-state index in [-0.39, 0.29) is 5.84 Å². The summed E-state index contributed by atoms with van der Waals surface area (Å²) in [6.45, 7) is 1.85. The minimum atomic E-state index is -0.0574. The van der Waals surface area contributed by atoms with Crippen molar-refractivity contribution in [3.05, 3.63) is 41.7 Å². The molecule has 0 bridgehead atoms. The first kappa shape index (κ1) is 13.4. The van der Waals surface area contributed by atoms with Crippen LogP contribution in [0.5, 0.6) is 5.75 Å². The van der Waals surface area contributed by atoms with Crippen molar-refractivity contribution in [2.45, 2.75) is 17.0 Å². The van der Waals surface area contributed by atoms with E-state index in [4.69, 9.17) is 15.9 Å². The number of nitrogen functional groups attached to an aromatic ring is 1. The lowest BCUT2D eigenvalue weighted by Crippen LogP contribution is -2.14. The molecule has 0 radical (unpaired) electrons. The predicted octanol–water partition coefficient (Wildman–Crippen LogP) is 2.23. The minimum absolute atomic E-state index is 0.0574. The number of benzene rings is 1. The molecule has 1 aromatic carbocycles. The first-order valence-electron chi connectivity index (χ1n) is 5.60. The highest BCUT2D eigenvalue weighted by Crippen LogP contribution is 2.27. The van der Waals surface area contributed by atoms with Crippen molar-refractivity contribution in [2.75, 3.05) is 7.11 Å². The summed E-state index contributed by atoms with van der Waals surface area (Å²) in [6.07, 6.45) is 0. The van der Waals surface area contributed by atoms with Crippen molar-refractivity contribution in [1.82, 2.24) is 9.97 Å². The molecule has 19 heavy (non-hydrogen) atoms. The third-order valence-corrected chi connectivity index (χ3v) is 3.21. The average molecular weight is 274 g/mol. The molecule has 0 unspecified atom stereocenters. The second-order valence-electron chi connectivity index (χ2n) is 3.87. The van der Waals surface area contributed by atoms with Gasteiger partial charge in [-0.25, -0.2) is 9.97 Å². The Bertz CT molecular complexity index is 615. The van der Waals surface area contributed by atoms with Gasteiger partial charge in [0.25, 0.3) is 0 Å². The number of methoxy groups -OCH3 is 1. The van der Waals surface area contributed by atoms with Crippen molar-refractivity contribution in [3.8, 4) is 5.75 Å². The van der Waals surface area contributed by atoms with Gasteiger partial charge >= 0.3 is 0 Å². The topological polar surface area (TPSA) is 84.9 Å². The van der Waals surface area contributed by atoms with Crippen LogP contribution in [-0.2, 0) is 0 Å². The summed E-state index contributed by atoms with van der Waals surface area (Å²) in [5, 5.41) is 8.00. The zero-order valence-electron chi connectivity index (χ0n) is 10.7. The fraction of sp³-hybridized carbons (Fsp3) is 0.154. The van der Waals surface area contributed by atoms with Crippen molar-refractivity contribution >= 4 is 17.6 Å². The van der Waals surface area contributed by atoms with E-state index in [1.807, 2.05) is 31.2 Å². The van der Waals surface area contributed by atoms with Crippen LogP contribution in [0.25, 0.3) is 0 Å². The maximum atomic E-state index is 7.43. The van der Waals surface area contributed by atoms with Crippen LogP contribution in [0, 0.1) is 12.3 Å². The van der Waals surface area contributed by atoms with Crippen molar-refractivity contribution < 1.29 is 4.74 Å². The highest BCUT2D eigenvalue weighted by atomic mass is 32.2. The van der Waals surface area contributed by atoms with Gasteiger partial charge in [-0.2, -0.15) is 0 Å². The number of rotatable bonds is 4. The van der Waals surface area contributed by atoms with Crippen LogP contribution in [0.2, 0.25) is 0 Å². The van der Waals surface area contributed by atoms with Crippen LogP contribution in [-0.4, -0.2) is 22.9 Å². The molecule has 0 saturated carbocycles. The maximum absolute atomic E-state index is 7.43. The molecule has 2 rings (SSSR count). The molecule has 1 heterocycles. The van der Waals surface area contributed by atoms with E-state index in [0.717, 1.165) is 16.3 Å². The number of nitrogens with zero attached hydrogens (tertiary/aromatic N) is 2. The first-order chi connectivity index (χ1) is 9.08. The van der Waals surface area contributed by atoms with E-state index in [1.165, 1.54) is 11.8 Å². The number of amidine groups is 1. The summed E-state index contributed by atoms with van der Waals surface area (Å²) in [6, 6.07) is 9.33. The SMILES string of the molecule is COc1cccc(Sc2nc(C)cc(C(=N)N)n2)c1. The van der Waals surface area contributed by atoms with Crippen LogP contribution < -0.4 is 10.5 Å². The van der Waals surface area contributed by atoms with Crippen LogP contribution in [0.1, 0.15) is 11.4 Å². The molecule has 2 aromatic rings. The summed E-state index contributed by atoms with van der Waals surface area (Å²) in [4.78, 5) is 9.54. The second kappa shape index (κ2) is 5.71. The van der Waals surface area contributed by atoms with E-state index in [9.17, 15) is 0 Å². The van der Waals surface area contributed by atoms with Gasteiger partial charge in [0.05, 0.1) is 7.11 Å². The van der Waals surface area contributed by atoms with Gasteiger partial charge < -0.3 is 10.5 Å². The predicted molar refractivity (Wildman–Crippen MR) is 74.9 cm³/mol. The van der Waals surface area contributed by atoms with Crippen LogP contribution in [0.4, 0.5) is 0 Å². The van der Waals surface area contributed by atoms with Crippen molar-refractivity contribution in [1.29, 1.82) is 5.41 Å². The van der Waals surface area contributed by atoms with Gasteiger partial charge in [0.2, 0.25) is 0 Å². The largest absolute Gasteiger partial charge is 0.497 e. The van der Waals surface area contributed by atoms with E-state index in [2.05, 4.69) is 9.97 Å². The lowest BCUT2D eigenvalue weighted by molar-refractivity contribution is 0.413. The molecule has 0 aliphatic carbocycles. The Hall–Kier alpha value is -2.08. The van der Waals surface area contributed by atoms with Gasteiger partial charge in [-0.1, -0.05) is 6.07 Å². The van der Waals surface area contributed by atoms with Crippen molar-refractivity contribution in [2.24, 2.45) is 5.73 Å². The van der Waals surface area contributed by atoms with Gasteiger partial charge in [-0.15, -0.1) is 0 Å². The Morgan fingerprint density at radius 2 is 2.11 bits per heavy atom. The molecule has 0 fully saturated rings. The molecule has 1 aromatic heterocycles. The summed E-state index contributed by atoms with van der Waals surface area (Å²) in [7, 11) is 1.63. The lowest BCUT2D eigenvalue weighted by Gasteiger charge is -2.05. The fourth-order valence-electron chi connectivity index (χ4n) is 1.50. The Balaban J connectivity index is 2.29. The summed E-state index contributed by atoms with van der Waals surface area (Å²) in [5.41, 5.74) is 6.68. The maximum Gasteiger partial charge on any atom is 0.193 e. The summed E-state index contributed by atoms with van der Waals surface area (Å²) in [5.74, 6) is 0.724. The van der Waals surface area contributed by atoms with Crippen LogP contribution >= 0.6 is 11.8 Å².